The molecule has 24 heavy (non-hydrogen) atoms. The minimum Gasteiger partial charge on any atom is -0.0620 e. The molecule has 0 nitrogen and oxygen atoms in total. The Hall–Kier alpha value is -2.34. The average Bonchev–Trinajstić information content (AvgIpc) is 2.57. The van der Waals surface area contributed by atoms with Gasteiger partial charge in [-0.3, -0.25) is 0 Å². The van der Waals surface area contributed by atoms with Crippen LogP contribution in [0.5, 0.6) is 0 Å². The fourth-order valence-electron chi connectivity index (χ4n) is 3.34. The number of aryl methyl sites for hydroxylation is 2. The normalized spacial score (nSPS) is 10.8. The Morgan fingerprint density at radius 1 is 0.458 bits per heavy atom. The summed E-state index contributed by atoms with van der Waals surface area (Å²) in [5.74, 6) is 0. The van der Waals surface area contributed by atoms with Crippen LogP contribution in [0.4, 0.5) is 0 Å². The van der Waals surface area contributed by atoms with Gasteiger partial charge in [-0.1, -0.05) is 60.7 Å². The molecule has 0 heterocycles. The molecule has 0 N–H and O–H groups in total. The van der Waals surface area contributed by atoms with Crippen molar-refractivity contribution in [3.8, 4) is 0 Å². The Labute approximate surface area is 146 Å². The first-order valence-electron chi connectivity index (χ1n) is 8.73. The molecule has 3 aromatic rings. The zero-order chi connectivity index (χ0) is 17.1. The molecule has 0 aromatic heterocycles. The summed E-state index contributed by atoms with van der Waals surface area (Å²) in [6.45, 7) is 8.90. The molecule has 0 spiro atoms. The number of hydrogen-bond donors (Lipinski definition) is 0. The smallest absolute Gasteiger partial charge is 0.00203 e. The SMILES string of the molecule is Cc1ccccc1Cc1cccc(Cc2cccc(C)c2C)c1C. The van der Waals surface area contributed by atoms with Crippen LogP contribution in [0.3, 0.4) is 0 Å². The van der Waals surface area contributed by atoms with Gasteiger partial charge in [0.05, 0.1) is 0 Å². The van der Waals surface area contributed by atoms with Crippen LogP contribution in [-0.2, 0) is 12.8 Å². The van der Waals surface area contributed by atoms with Gasteiger partial charge in [-0.05, 0) is 85.0 Å². The van der Waals surface area contributed by atoms with Crippen molar-refractivity contribution in [3.63, 3.8) is 0 Å². The van der Waals surface area contributed by atoms with Crippen molar-refractivity contribution >= 4 is 0 Å². The van der Waals surface area contributed by atoms with Crippen LogP contribution in [0.2, 0.25) is 0 Å². The fourth-order valence-corrected chi connectivity index (χ4v) is 3.34. The van der Waals surface area contributed by atoms with E-state index in [0.29, 0.717) is 0 Å². The van der Waals surface area contributed by atoms with Crippen molar-refractivity contribution in [2.75, 3.05) is 0 Å². The molecule has 0 saturated heterocycles. The van der Waals surface area contributed by atoms with Crippen molar-refractivity contribution < 1.29 is 0 Å². The number of rotatable bonds is 4. The molecular weight excluding hydrogens is 288 g/mol. The topological polar surface area (TPSA) is 0 Å². The van der Waals surface area contributed by atoms with E-state index < -0.39 is 0 Å². The highest BCUT2D eigenvalue weighted by Crippen LogP contribution is 2.23. The van der Waals surface area contributed by atoms with Crippen molar-refractivity contribution in [2.45, 2.75) is 40.5 Å². The van der Waals surface area contributed by atoms with Gasteiger partial charge in [0.2, 0.25) is 0 Å². The molecule has 0 amide bonds. The molecule has 3 rings (SSSR count). The summed E-state index contributed by atoms with van der Waals surface area (Å²) in [6, 6.07) is 22.1. The summed E-state index contributed by atoms with van der Waals surface area (Å²) in [5.41, 5.74) is 11.3. The Morgan fingerprint density at radius 2 is 0.917 bits per heavy atom. The minimum absolute atomic E-state index is 1.01. The Kier molecular flexibility index (Phi) is 4.85. The van der Waals surface area contributed by atoms with Gasteiger partial charge < -0.3 is 0 Å². The predicted molar refractivity (Wildman–Crippen MR) is 104 cm³/mol. The lowest BCUT2D eigenvalue weighted by Crippen LogP contribution is -2.00. The van der Waals surface area contributed by atoms with Gasteiger partial charge in [0, 0.05) is 0 Å². The van der Waals surface area contributed by atoms with Crippen LogP contribution in [0.1, 0.15) is 44.5 Å². The Bertz CT molecular complexity index is 856. The third kappa shape index (κ3) is 3.43. The maximum atomic E-state index is 2.28. The third-order valence-corrected chi connectivity index (χ3v) is 5.30. The number of hydrogen-bond acceptors (Lipinski definition) is 0. The van der Waals surface area contributed by atoms with E-state index in [1.165, 1.54) is 44.5 Å². The summed E-state index contributed by atoms with van der Waals surface area (Å²) < 4.78 is 0. The van der Waals surface area contributed by atoms with Crippen molar-refractivity contribution in [1.29, 1.82) is 0 Å². The molecule has 0 unspecified atom stereocenters. The van der Waals surface area contributed by atoms with Crippen LogP contribution >= 0.6 is 0 Å². The summed E-state index contributed by atoms with van der Waals surface area (Å²) in [7, 11) is 0. The summed E-state index contributed by atoms with van der Waals surface area (Å²) in [6.07, 6.45) is 2.03. The Morgan fingerprint density at radius 3 is 1.58 bits per heavy atom. The van der Waals surface area contributed by atoms with Gasteiger partial charge in [-0.25, -0.2) is 0 Å². The molecule has 3 aromatic carbocycles. The van der Waals surface area contributed by atoms with E-state index in [9.17, 15) is 0 Å². The van der Waals surface area contributed by atoms with Gasteiger partial charge >= 0.3 is 0 Å². The van der Waals surface area contributed by atoms with E-state index in [1.54, 1.807) is 0 Å². The monoisotopic (exact) mass is 314 g/mol. The minimum atomic E-state index is 1.01. The maximum absolute atomic E-state index is 2.28. The summed E-state index contributed by atoms with van der Waals surface area (Å²) >= 11 is 0. The van der Waals surface area contributed by atoms with E-state index in [0.717, 1.165) is 12.8 Å². The molecule has 0 saturated carbocycles. The highest BCUT2D eigenvalue weighted by Gasteiger charge is 2.09. The van der Waals surface area contributed by atoms with E-state index in [-0.39, 0.29) is 0 Å². The summed E-state index contributed by atoms with van der Waals surface area (Å²) in [4.78, 5) is 0. The summed E-state index contributed by atoms with van der Waals surface area (Å²) in [5, 5.41) is 0. The van der Waals surface area contributed by atoms with Crippen molar-refractivity contribution in [1.82, 2.24) is 0 Å². The highest BCUT2D eigenvalue weighted by atomic mass is 14.1. The molecule has 0 radical (unpaired) electrons. The van der Waals surface area contributed by atoms with E-state index in [2.05, 4.69) is 88.4 Å². The van der Waals surface area contributed by atoms with Crippen molar-refractivity contribution in [2.24, 2.45) is 0 Å². The van der Waals surface area contributed by atoms with Gasteiger partial charge in [-0.2, -0.15) is 0 Å². The van der Waals surface area contributed by atoms with E-state index >= 15 is 0 Å². The highest BCUT2D eigenvalue weighted by molar-refractivity contribution is 5.43. The zero-order valence-corrected chi connectivity index (χ0v) is 15.2. The van der Waals surface area contributed by atoms with Gasteiger partial charge in [0.25, 0.3) is 0 Å². The fraction of sp³-hybridized carbons (Fsp3) is 0.250. The molecule has 0 heteroatoms. The third-order valence-electron chi connectivity index (χ3n) is 5.30. The van der Waals surface area contributed by atoms with Gasteiger partial charge in [0.1, 0.15) is 0 Å². The standard InChI is InChI=1S/C24H26/c1-17-10-7-12-22(19(17)3)16-24-14-8-13-23(20(24)4)15-21-11-6-5-9-18(21)2/h5-14H,15-16H2,1-4H3. The van der Waals surface area contributed by atoms with Crippen LogP contribution in [0.15, 0.2) is 60.7 Å². The first-order chi connectivity index (χ1) is 11.6. The first kappa shape index (κ1) is 16.5. The van der Waals surface area contributed by atoms with Gasteiger partial charge in [0.15, 0.2) is 0 Å². The van der Waals surface area contributed by atoms with Crippen LogP contribution in [0, 0.1) is 27.7 Å². The predicted octanol–water partition coefficient (Wildman–Crippen LogP) is 6.10. The first-order valence-corrected chi connectivity index (χ1v) is 8.73. The molecule has 122 valence electrons. The van der Waals surface area contributed by atoms with E-state index in [4.69, 9.17) is 0 Å². The van der Waals surface area contributed by atoms with Gasteiger partial charge in [-0.15, -0.1) is 0 Å². The molecule has 0 fully saturated rings. The largest absolute Gasteiger partial charge is 0.0620 e. The zero-order valence-electron chi connectivity index (χ0n) is 15.2. The van der Waals surface area contributed by atoms with Crippen molar-refractivity contribution in [3.05, 3.63) is 105 Å². The number of benzene rings is 3. The lowest BCUT2D eigenvalue weighted by Gasteiger charge is -2.14. The molecule has 0 aliphatic rings. The molecular formula is C24H26. The Balaban J connectivity index is 1.91. The van der Waals surface area contributed by atoms with Crippen LogP contribution in [-0.4, -0.2) is 0 Å². The quantitative estimate of drug-likeness (QED) is 0.545. The average molecular weight is 314 g/mol. The van der Waals surface area contributed by atoms with Crippen LogP contribution in [0.25, 0.3) is 0 Å². The maximum Gasteiger partial charge on any atom is -0.00203 e. The molecule has 0 bridgehead atoms. The van der Waals surface area contributed by atoms with E-state index in [1.807, 2.05) is 0 Å². The lowest BCUT2D eigenvalue weighted by molar-refractivity contribution is 1.07. The second kappa shape index (κ2) is 7.05. The van der Waals surface area contributed by atoms with Crippen LogP contribution < -0.4 is 0 Å². The second-order valence-corrected chi connectivity index (χ2v) is 6.84. The molecule has 0 atom stereocenters. The molecule has 0 aliphatic heterocycles. The lowest BCUT2D eigenvalue weighted by atomic mass is 9.90. The second-order valence-electron chi connectivity index (χ2n) is 6.84. The molecule has 0 aliphatic carbocycles.